The summed E-state index contributed by atoms with van der Waals surface area (Å²) >= 11 is 2.10. The number of rotatable bonds is 6. The van der Waals surface area contributed by atoms with Gasteiger partial charge in [0.2, 0.25) is 5.91 Å². The first-order valence-electron chi connectivity index (χ1n) is 6.99. The average Bonchev–Trinajstić information content (AvgIpc) is 2.82. The largest absolute Gasteiger partial charge is 0.465 e. The zero-order valence-corrected chi connectivity index (χ0v) is 14.8. The molecule has 0 unspecified atom stereocenters. The topological polar surface area (TPSA) is 46.6 Å². The van der Waals surface area contributed by atoms with Gasteiger partial charge in [-0.2, -0.15) is 0 Å². The van der Waals surface area contributed by atoms with Crippen LogP contribution in [-0.2, 0) is 20.7 Å². The molecule has 4 nitrogen and oxygen atoms in total. The van der Waals surface area contributed by atoms with Crippen molar-refractivity contribution in [1.29, 1.82) is 0 Å². The molecule has 0 spiro atoms. The predicted octanol–water partition coefficient (Wildman–Crippen LogP) is 3.40. The second-order valence-corrected chi connectivity index (χ2v) is 6.66. The van der Waals surface area contributed by atoms with E-state index in [0.717, 1.165) is 12.8 Å². The number of ether oxygens (including phenoxy) is 1. The molecule has 1 amide bonds. The fourth-order valence-electron chi connectivity index (χ4n) is 2.55. The summed E-state index contributed by atoms with van der Waals surface area (Å²) in [5, 5.41) is 0. The molecule has 1 aromatic carbocycles. The fourth-order valence-corrected chi connectivity index (χ4v) is 4.59. The Bertz CT molecular complexity index is 497. The summed E-state index contributed by atoms with van der Waals surface area (Å²) in [6.45, 7) is 2.07. The van der Waals surface area contributed by atoms with Crippen molar-refractivity contribution in [2.45, 2.75) is 32.2 Å². The Morgan fingerprint density at radius 3 is 2.76 bits per heavy atom. The van der Waals surface area contributed by atoms with Gasteiger partial charge in [-0.25, -0.2) is 0 Å². The molecular weight excluding hydrogens is 401 g/mol. The number of nitrogens with zero attached hydrogens (tertiary/aromatic N) is 1. The molecule has 0 aromatic heterocycles. The summed E-state index contributed by atoms with van der Waals surface area (Å²) in [6.07, 6.45) is 2.32. The molecule has 2 atom stereocenters. The number of carbonyl (C=O) groups excluding carboxylic acids is 2. The van der Waals surface area contributed by atoms with Gasteiger partial charge in [-0.3, -0.25) is 13.9 Å². The van der Waals surface area contributed by atoms with E-state index < -0.39 is 5.92 Å². The van der Waals surface area contributed by atoms with Crippen molar-refractivity contribution in [3.8, 4) is 0 Å². The first kappa shape index (κ1) is 16.6. The maximum absolute atomic E-state index is 12.3. The van der Waals surface area contributed by atoms with Crippen molar-refractivity contribution in [1.82, 2.24) is 4.31 Å². The number of hydrogen-bond acceptors (Lipinski definition) is 4. The maximum Gasteiger partial charge on any atom is 0.318 e. The van der Waals surface area contributed by atoms with Gasteiger partial charge in [-0.05, 0) is 31.7 Å². The van der Waals surface area contributed by atoms with Crippen LogP contribution in [0.5, 0.6) is 0 Å². The first-order valence-corrected chi connectivity index (χ1v) is 10.3. The SMILES string of the molecule is CCOC(=O)[C@H]1C[C@@H](CCc2ccccc2)N(SI)C1=O. The Kier molecular flexibility index (Phi) is 6.35. The lowest BCUT2D eigenvalue weighted by Gasteiger charge is -2.20. The number of hydrogen-bond donors (Lipinski definition) is 0. The zero-order chi connectivity index (χ0) is 15.2. The average molecular weight is 419 g/mol. The van der Waals surface area contributed by atoms with E-state index in [1.165, 1.54) is 14.7 Å². The van der Waals surface area contributed by atoms with Gasteiger partial charge in [0, 0.05) is 36.4 Å². The minimum absolute atomic E-state index is 0.0917. The molecular formula is C15H18INO3S. The summed E-state index contributed by atoms with van der Waals surface area (Å²) in [6, 6.07) is 10.3. The van der Waals surface area contributed by atoms with Crippen LogP contribution in [0.25, 0.3) is 0 Å². The molecule has 0 aliphatic carbocycles. The Morgan fingerprint density at radius 1 is 1.43 bits per heavy atom. The van der Waals surface area contributed by atoms with E-state index in [0.29, 0.717) is 13.0 Å². The molecule has 114 valence electrons. The van der Waals surface area contributed by atoms with Crippen LogP contribution >= 0.6 is 30.3 Å². The van der Waals surface area contributed by atoms with Crippen molar-refractivity contribution in [2.24, 2.45) is 5.92 Å². The third-order valence-corrected chi connectivity index (χ3v) is 5.51. The van der Waals surface area contributed by atoms with Gasteiger partial charge >= 0.3 is 5.97 Å². The lowest BCUT2D eigenvalue weighted by Crippen LogP contribution is -2.29. The number of amides is 1. The number of halogens is 1. The minimum atomic E-state index is -0.631. The van der Waals surface area contributed by atoms with Crippen molar-refractivity contribution in [3.05, 3.63) is 35.9 Å². The van der Waals surface area contributed by atoms with Gasteiger partial charge < -0.3 is 4.74 Å². The molecule has 1 heterocycles. The number of benzene rings is 1. The standard InChI is InChI=1S/C15H18INO3S/c1-2-20-15(19)13-10-12(17(21-16)14(13)18)9-8-11-6-4-3-5-7-11/h3-7,12-13H,2,8-10H2,1H3/t12-,13+/m1/s1. The molecule has 1 saturated heterocycles. The van der Waals surface area contributed by atoms with Crippen LogP contribution in [0, 0.1) is 5.92 Å². The van der Waals surface area contributed by atoms with Gasteiger partial charge in [0.05, 0.1) is 6.61 Å². The van der Waals surface area contributed by atoms with E-state index in [1.54, 1.807) is 11.2 Å². The van der Waals surface area contributed by atoms with Crippen molar-refractivity contribution < 1.29 is 14.3 Å². The molecule has 6 heteroatoms. The lowest BCUT2D eigenvalue weighted by atomic mass is 10.00. The molecule has 1 fully saturated rings. The summed E-state index contributed by atoms with van der Waals surface area (Å²) in [4.78, 5) is 24.1. The van der Waals surface area contributed by atoms with Gasteiger partial charge in [-0.1, -0.05) is 30.3 Å². The Hall–Kier alpha value is -0.760. The molecule has 0 N–H and O–H groups in total. The second-order valence-electron chi connectivity index (χ2n) is 4.95. The minimum Gasteiger partial charge on any atom is -0.465 e. The monoisotopic (exact) mass is 419 g/mol. The Morgan fingerprint density at radius 2 is 2.14 bits per heavy atom. The van der Waals surface area contributed by atoms with E-state index in [9.17, 15) is 9.59 Å². The molecule has 2 rings (SSSR count). The summed E-state index contributed by atoms with van der Waals surface area (Å²) in [5.41, 5.74) is 1.25. The molecule has 0 bridgehead atoms. The van der Waals surface area contributed by atoms with Crippen molar-refractivity contribution in [2.75, 3.05) is 6.61 Å². The van der Waals surface area contributed by atoms with Crippen LogP contribution in [0.3, 0.4) is 0 Å². The number of esters is 1. The van der Waals surface area contributed by atoms with E-state index in [2.05, 4.69) is 33.3 Å². The molecule has 0 radical (unpaired) electrons. The van der Waals surface area contributed by atoms with Crippen molar-refractivity contribution in [3.63, 3.8) is 0 Å². The van der Waals surface area contributed by atoms with Crippen LogP contribution in [0.4, 0.5) is 0 Å². The van der Waals surface area contributed by atoms with Crippen molar-refractivity contribution >= 4 is 42.2 Å². The van der Waals surface area contributed by atoms with E-state index in [4.69, 9.17) is 4.74 Å². The lowest BCUT2D eigenvalue weighted by molar-refractivity contribution is -0.151. The van der Waals surface area contributed by atoms with Gasteiger partial charge in [-0.15, -0.1) is 0 Å². The third kappa shape index (κ3) is 4.12. The van der Waals surface area contributed by atoms with Gasteiger partial charge in [0.1, 0.15) is 5.92 Å². The Labute approximate surface area is 141 Å². The molecule has 1 aliphatic heterocycles. The smallest absolute Gasteiger partial charge is 0.318 e. The number of carbonyl (C=O) groups is 2. The summed E-state index contributed by atoms with van der Waals surface area (Å²) < 4.78 is 6.73. The molecule has 1 aliphatic rings. The maximum atomic E-state index is 12.3. The third-order valence-electron chi connectivity index (χ3n) is 3.61. The van der Waals surface area contributed by atoms with E-state index in [1.807, 2.05) is 18.2 Å². The van der Waals surface area contributed by atoms with Crippen LogP contribution in [0.15, 0.2) is 30.3 Å². The van der Waals surface area contributed by atoms with Gasteiger partial charge in [0.15, 0.2) is 0 Å². The van der Waals surface area contributed by atoms with E-state index >= 15 is 0 Å². The molecule has 21 heavy (non-hydrogen) atoms. The summed E-state index contributed by atoms with van der Waals surface area (Å²) in [5.74, 6) is -1.14. The van der Waals surface area contributed by atoms with Crippen LogP contribution < -0.4 is 0 Å². The highest BCUT2D eigenvalue weighted by molar-refractivity contribution is 14.2. The fraction of sp³-hybridized carbons (Fsp3) is 0.467. The quantitative estimate of drug-likeness (QED) is 0.307. The number of aryl methyl sites for hydroxylation is 1. The van der Waals surface area contributed by atoms with Crippen LogP contribution in [0.2, 0.25) is 0 Å². The highest BCUT2D eigenvalue weighted by Gasteiger charge is 2.44. The summed E-state index contributed by atoms with van der Waals surface area (Å²) in [7, 11) is 1.37. The molecule has 0 saturated carbocycles. The van der Waals surface area contributed by atoms with Crippen LogP contribution in [0.1, 0.15) is 25.3 Å². The van der Waals surface area contributed by atoms with Gasteiger partial charge in [0.25, 0.3) is 0 Å². The normalized spacial score (nSPS) is 21.6. The first-order chi connectivity index (χ1) is 10.2. The van der Waals surface area contributed by atoms with E-state index in [-0.39, 0.29) is 17.9 Å². The highest BCUT2D eigenvalue weighted by Crippen LogP contribution is 2.36. The second kappa shape index (κ2) is 8.03. The molecule has 1 aromatic rings. The Balaban J connectivity index is 1.99. The predicted molar refractivity (Wildman–Crippen MR) is 91.7 cm³/mol. The highest BCUT2D eigenvalue weighted by atomic mass is 127. The zero-order valence-electron chi connectivity index (χ0n) is 11.8. The van der Waals surface area contributed by atoms with Crippen LogP contribution in [-0.4, -0.2) is 28.8 Å².